The zero-order valence-electron chi connectivity index (χ0n) is 9.49. The van der Waals surface area contributed by atoms with Gasteiger partial charge in [-0.25, -0.2) is 4.39 Å². The van der Waals surface area contributed by atoms with E-state index in [9.17, 15) is 30.7 Å². The molecule has 0 aliphatic rings. The van der Waals surface area contributed by atoms with Crippen molar-refractivity contribution in [2.75, 3.05) is 0 Å². The van der Waals surface area contributed by atoms with E-state index in [0.29, 0.717) is 12.1 Å². The lowest BCUT2D eigenvalue weighted by molar-refractivity contribution is -0.293. The molecule has 1 aromatic rings. The monoisotopic (exact) mass is 324 g/mol. The first-order chi connectivity index (χ1) is 8.98. The molecule has 0 saturated heterocycles. The second-order valence-electron chi connectivity index (χ2n) is 3.87. The summed E-state index contributed by atoms with van der Waals surface area (Å²) in [6, 6.07) is -0.237. The third-order valence-corrected chi connectivity index (χ3v) is 2.75. The van der Waals surface area contributed by atoms with E-state index in [0.717, 1.165) is 6.07 Å². The predicted molar refractivity (Wildman–Crippen MR) is 57.1 cm³/mol. The van der Waals surface area contributed by atoms with Crippen molar-refractivity contribution >= 4 is 11.6 Å². The van der Waals surface area contributed by atoms with Crippen LogP contribution < -0.4 is 11.3 Å². The molecule has 0 bridgehead atoms. The van der Waals surface area contributed by atoms with Crippen LogP contribution >= 0.6 is 11.6 Å². The summed E-state index contributed by atoms with van der Waals surface area (Å²) >= 11 is 5.39. The van der Waals surface area contributed by atoms with E-state index in [1.165, 1.54) is 5.43 Å². The van der Waals surface area contributed by atoms with E-state index in [1.54, 1.807) is 0 Å². The molecule has 0 saturated carbocycles. The van der Waals surface area contributed by atoms with Crippen molar-refractivity contribution in [2.45, 2.75) is 18.4 Å². The Morgan fingerprint density at radius 2 is 1.55 bits per heavy atom. The van der Waals surface area contributed by atoms with Crippen molar-refractivity contribution in [3.8, 4) is 0 Å². The lowest BCUT2D eigenvalue weighted by Crippen LogP contribution is -2.48. The lowest BCUT2D eigenvalue weighted by atomic mass is 9.92. The number of alkyl halides is 6. The predicted octanol–water partition coefficient (Wildman–Crippen LogP) is 3.72. The Hall–Kier alpha value is -1.06. The second kappa shape index (κ2) is 5.74. The van der Waals surface area contributed by atoms with Gasteiger partial charge in [-0.3, -0.25) is 11.3 Å². The number of hydrogen-bond donors (Lipinski definition) is 2. The van der Waals surface area contributed by atoms with E-state index in [2.05, 4.69) is 0 Å². The Labute approximate surface area is 113 Å². The molecular formula is C10H8ClF7N2. The van der Waals surface area contributed by atoms with Crippen molar-refractivity contribution in [3.63, 3.8) is 0 Å². The minimum Gasteiger partial charge on any atom is -0.271 e. The van der Waals surface area contributed by atoms with Gasteiger partial charge in [0.15, 0.2) is 5.92 Å². The topological polar surface area (TPSA) is 38.0 Å². The fourth-order valence-electron chi connectivity index (χ4n) is 1.68. The van der Waals surface area contributed by atoms with Crippen LogP contribution in [-0.4, -0.2) is 12.4 Å². The molecular weight excluding hydrogens is 317 g/mol. The minimum atomic E-state index is -5.65. The summed E-state index contributed by atoms with van der Waals surface area (Å²) in [5.74, 6) is -0.415. The maximum absolute atomic E-state index is 13.5. The molecule has 114 valence electrons. The SMILES string of the molecule is NNC(c1ccc(Cl)cc1F)C(C(F)(F)F)C(F)(F)F. The number of nitrogens with two attached hydrogens (primary N) is 1. The average Bonchev–Trinajstić information content (AvgIpc) is 2.22. The molecule has 0 aliphatic carbocycles. The molecule has 0 heterocycles. The van der Waals surface area contributed by atoms with Gasteiger partial charge in [-0.2, -0.15) is 26.3 Å². The maximum Gasteiger partial charge on any atom is 0.402 e. The van der Waals surface area contributed by atoms with Crippen molar-refractivity contribution in [3.05, 3.63) is 34.6 Å². The summed E-state index contributed by atoms with van der Waals surface area (Å²) in [4.78, 5) is 0. The zero-order chi connectivity index (χ0) is 15.7. The van der Waals surface area contributed by atoms with Gasteiger partial charge in [0.2, 0.25) is 0 Å². The highest BCUT2D eigenvalue weighted by molar-refractivity contribution is 6.30. The number of hydrazine groups is 1. The fraction of sp³-hybridized carbons (Fsp3) is 0.400. The van der Waals surface area contributed by atoms with Crippen molar-refractivity contribution in [1.29, 1.82) is 0 Å². The van der Waals surface area contributed by atoms with Crippen LogP contribution in [0.4, 0.5) is 30.7 Å². The minimum absolute atomic E-state index is 0.169. The van der Waals surface area contributed by atoms with Gasteiger partial charge in [-0.05, 0) is 12.1 Å². The van der Waals surface area contributed by atoms with Gasteiger partial charge in [0.05, 0.1) is 6.04 Å². The highest BCUT2D eigenvalue weighted by Gasteiger charge is 2.60. The van der Waals surface area contributed by atoms with Crippen LogP contribution in [-0.2, 0) is 0 Å². The molecule has 0 amide bonds. The average molecular weight is 325 g/mol. The summed E-state index contributed by atoms with van der Waals surface area (Å²) in [7, 11) is 0. The van der Waals surface area contributed by atoms with Gasteiger partial charge in [0.1, 0.15) is 5.82 Å². The number of halogens is 8. The summed E-state index contributed by atoms with van der Waals surface area (Å²) < 4.78 is 89.0. The van der Waals surface area contributed by atoms with E-state index < -0.39 is 35.7 Å². The van der Waals surface area contributed by atoms with Gasteiger partial charge < -0.3 is 0 Å². The van der Waals surface area contributed by atoms with Crippen LogP contribution in [0.3, 0.4) is 0 Å². The summed E-state index contributed by atoms with van der Waals surface area (Å²) in [5, 5.41) is -0.169. The largest absolute Gasteiger partial charge is 0.402 e. The first-order valence-corrected chi connectivity index (χ1v) is 5.40. The highest BCUT2D eigenvalue weighted by atomic mass is 35.5. The van der Waals surface area contributed by atoms with E-state index >= 15 is 0 Å². The maximum atomic E-state index is 13.5. The van der Waals surface area contributed by atoms with E-state index in [4.69, 9.17) is 17.4 Å². The fourth-order valence-corrected chi connectivity index (χ4v) is 1.84. The van der Waals surface area contributed by atoms with Crippen LogP contribution in [0.15, 0.2) is 18.2 Å². The van der Waals surface area contributed by atoms with Crippen LogP contribution in [0.5, 0.6) is 0 Å². The third-order valence-electron chi connectivity index (χ3n) is 2.52. The van der Waals surface area contributed by atoms with Crippen LogP contribution in [0.2, 0.25) is 5.02 Å². The molecule has 3 N–H and O–H groups in total. The molecule has 0 radical (unpaired) electrons. The number of nitrogens with one attached hydrogen (secondary N) is 1. The smallest absolute Gasteiger partial charge is 0.271 e. The van der Waals surface area contributed by atoms with Crippen molar-refractivity contribution < 1.29 is 30.7 Å². The van der Waals surface area contributed by atoms with Gasteiger partial charge in [0, 0.05) is 10.6 Å². The van der Waals surface area contributed by atoms with E-state index in [-0.39, 0.29) is 5.02 Å². The third kappa shape index (κ3) is 3.74. The first kappa shape index (κ1) is 17.0. The van der Waals surface area contributed by atoms with Crippen LogP contribution in [0.1, 0.15) is 11.6 Å². The van der Waals surface area contributed by atoms with Crippen molar-refractivity contribution in [1.82, 2.24) is 5.43 Å². The van der Waals surface area contributed by atoms with Gasteiger partial charge in [-0.1, -0.05) is 17.7 Å². The Morgan fingerprint density at radius 1 is 1.05 bits per heavy atom. The first-order valence-electron chi connectivity index (χ1n) is 5.03. The highest BCUT2D eigenvalue weighted by Crippen LogP contribution is 2.46. The molecule has 1 unspecified atom stereocenters. The normalized spacial score (nSPS) is 14.7. The summed E-state index contributed by atoms with van der Waals surface area (Å²) in [6.45, 7) is 0. The Bertz CT molecular complexity index is 458. The lowest BCUT2D eigenvalue weighted by Gasteiger charge is -2.30. The summed E-state index contributed by atoms with van der Waals surface area (Å²) in [6.07, 6.45) is -11.3. The molecule has 1 atom stereocenters. The molecule has 0 aromatic heterocycles. The van der Waals surface area contributed by atoms with Crippen LogP contribution in [0, 0.1) is 11.7 Å². The second-order valence-corrected chi connectivity index (χ2v) is 4.31. The molecule has 0 spiro atoms. The number of benzene rings is 1. The van der Waals surface area contributed by atoms with Crippen LogP contribution in [0.25, 0.3) is 0 Å². The Morgan fingerprint density at radius 3 is 1.90 bits per heavy atom. The van der Waals surface area contributed by atoms with Gasteiger partial charge in [0.25, 0.3) is 0 Å². The molecule has 20 heavy (non-hydrogen) atoms. The molecule has 1 rings (SSSR count). The molecule has 10 heteroatoms. The number of rotatable bonds is 3. The van der Waals surface area contributed by atoms with E-state index in [1.807, 2.05) is 0 Å². The quantitative estimate of drug-likeness (QED) is 0.505. The van der Waals surface area contributed by atoms with Crippen molar-refractivity contribution in [2.24, 2.45) is 11.8 Å². The Kier molecular flexibility index (Phi) is 4.88. The molecule has 1 aromatic carbocycles. The zero-order valence-corrected chi connectivity index (χ0v) is 10.2. The van der Waals surface area contributed by atoms with Gasteiger partial charge in [-0.15, -0.1) is 0 Å². The van der Waals surface area contributed by atoms with Gasteiger partial charge >= 0.3 is 12.4 Å². The summed E-state index contributed by atoms with van der Waals surface area (Å²) in [5.41, 5.74) is 0.491. The molecule has 2 nitrogen and oxygen atoms in total. The number of hydrogen-bond acceptors (Lipinski definition) is 2. The Balaban J connectivity index is 3.34. The standard InChI is InChI=1S/C10H8ClF7N2/c11-4-1-2-5(6(12)3-4)7(20-19)8(9(13,14)15)10(16,17)18/h1-3,7-8,20H,19H2. The molecule has 0 aliphatic heterocycles. The molecule has 0 fully saturated rings.